The number of nitrogens with zero attached hydrogens (tertiary/aromatic N) is 1. The second-order valence-electron chi connectivity index (χ2n) is 10.4. The van der Waals surface area contributed by atoms with E-state index < -0.39 is 5.60 Å². The Kier molecular flexibility index (Phi) is 6.16. The summed E-state index contributed by atoms with van der Waals surface area (Å²) in [5.41, 5.74) is 1.32. The molecule has 1 spiro atoms. The zero-order valence-electron chi connectivity index (χ0n) is 19.9. The minimum atomic E-state index is -0.833. The fourth-order valence-corrected chi connectivity index (χ4v) is 6.78. The van der Waals surface area contributed by atoms with E-state index in [9.17, 15) is 5.11 Å². The van der Waals surface area contributed by atoms with Gasteiger partial charge in [-0.3, -0.25) is 4.90 Å². The van der Waals surface area contributed by atoms with Crippen LogP contribution in [0, 0.1) is 5.92 Å². The molecule has 0 radical (unpaired) electrons. The largest absolute Gasteiger partial charge is 0.485 e. The van der Waals surface area contributed by atoms with Crippen molar-refractivity contribution >= 4 is 0 Å². The maximum atomic E-state index is 12.2. The molecule has 32 heavy (non-hydrogen) atoms. The molecule has 2 aliphatic carbocycles. The van der Waals surface area contributed by atoms with Crippen molar-refractivity contribution in [3.63, 3.8) is 0 Å². The lowest BCUT2D eigenvalue weighted by atomic mass is 9.53. The summed E-state index contributed by atoms with van der Waals surface area (Å²) in [6.45, 7) is 7.64. The highest BCUT2D eigenvalue weighted by Crippen LogP contribution is 2.62. The van der Waals surface area contributed by atoms with Crippen molar-refractivity contribution < 1.29 is 24.1 Å². The molecule has 1 saturated heterocycles. The van der Waals surface area contributed by atoms with Crippen LogP contribution in [-0.2, 0) is 21.3 Å². The molecule has 2 heterocycles. The van der Waals surface area contributed by atoms with E-state index in [1.165, 1.54) is 30.4 Å². The fraction of sp³-hybridized carbons (Fsp3) is 0.769. The van der Waals surface area contributed by atoms with E-state index in [0.29, 0.717) is 13.2 Å². The first kappa shape index (κ1) is 22.5. The highest BCUT2D eigenvalue weighted by atomic mass is 16.7. The molecule has 2 fully saturated rings. The summed E-state index contributed by atoms with van der Waals surface area (Å²) in [4.78, 5) is 2.59. The van der Waals surface area contributed by atoms with E-state index in [4.69, 9.17) is 18.9 Å². The van der Waals surface area contributed by atoms with Crippen molar-refractivity contribution in [1.82, 2.24) is 4.90 Å². The molecule has 1 aromatic carbocycles. The molecule has 178 valence electrons. The number of piperidine rings is 1. The van der Waals surface area contributed by atoms with E-state index in [-0.39, 0.29) is 24.4 Å². The van der Waals surface area contributed by atoms with Gasteiger partial charge in [-0.25, -0.2) is 0 Å². The second kappa shape index (κ2) is 8.79. The molecular formula is C26H39NO5. The lowest BCUT2D eigenvalue weighted by molar-refractivity contribution is -0.158. The van der Waals surface area contributed by atoms with Crippen LogP contribution < -0.4 is 9.47 Å². The van der Waals surface area contributed by atoms with Gasteiger partial charge in [0.2, 0.25) is 0 Å². The average Bonchev–Trinajstić information content (AvgIpc) is 3.06. The predicted octanol–water partition coefficient (Wildman–Crippen LogP) is 3.67. The minimum Gasteiger partial charge on any atom is -0.485 e. The number of methoxy groups -OCH3 is 1. The van der Waals surface area contributed by atoms with Crippen molar-refractivity contribution in [3.8, 4) is 11.5 Å². The lowest BCUT2D eigenvalue weighted by Crippen LogP contribution is -2.73. The summed E-state index contributed by atoms with van der Waals surface area (Å²) >= 11 is 0. The summed E-state index contributed by atoms with van der Waals surface area (Å²) in [6.07, 6.45) is 7.78. The van der Waals surface area contributed by atoms with Gasteiger partial charge in [0.1, 0.15) is 6.10 Å². The lowest BCUT2D eigenvalue weighted by Gasteiger charge is -2.60. The zero-order chi connectivity index (χ0) is 22.3. The summed E-state index contributed by atoms with van der Waals surface area (Å²) in [6, 6.07) is 4.37. The number of fused-ring (bicyclic) bond motifs is 1. The van der Waals surface area contributed by atoms with Crippen molar-refractivity contribution in [2.75, 3.05) is 40.2 Å². The van der Waals surface area contributed by atoms with Crippen LogP contribution in [0.4, 0.5) is 0 Å². The third kappa shape index (κ3) is 3.37. The van der Waals surface area contributed by atoms with Gasteiger partial charge in [0.15, 0.2) is 18.3 Å². The summed E-state index contributed by atoms with van der Waals surface area (Å²) in [5.74, 6) is 2.37. The number of hydrogen-bond donors (Lipinski definition) is 1. The first-order valence-electron chi connectivity index (χ1n) is 12.5. The molecule has 0 aromatic heterocycles. The van der Waals surface area contributed by atoms with Crippen LogP contribution in [0.3, 0.4) is 0 Å². The van der Waals surface area contributed by atoms with E-state index in [1.807, 2.05) is 6.07 Å². The second-order valence-corrected chi connectivity index (χ2v) is 10.4. The van der Waals surface area contributed by atoms with Gasteiger partial charge in [0.25, 0.3) is 0 Å². The Morgan fingerprint density at radius 3 is 2.81 bits per heavy atom. The van der Waals surface area contributed by atoms with Crippen LogP contribution in [0.15, 0.2) is 12.1 Å². The van der Waals surface area contributed by atoms with Crippen LogP contribution in [0.25, 0.3) is 0 Å². The number of likely N-dealkylation sites (tertiary alicyclic amines) is 1. The van der Waals surface area contributed by atoms with Gasteiger partial charge in [0.05, 0.1) is 24.2 Å². The number of aliphatic hydroxyl groups is 1. The monoisotopic (exact) mass is 445 g/mol. The van der Waals surface area contributed by atoms with Crippen molar-refractivity contribution in [3.05, 3.63) is 23.3 Å². The number of benzene rings is 1. The first-order valence-corrected chi connectivity index (χ1v) is 12.5. The summed E-state index contributed by atoms with van der Waals surface area (Å²) < 4.78 is 23.2. The summed E-state index contributed by atoms with van der Waals surface area (Å²) in [7, 11) is 1.66. The van der Waals surface area contributed by atoms with Crippen LogP contribution in [-0.4, -0.2) is 68.0 Å². The van der Waals surface area contributed by atoms with E-state index in [0.717, 1.165) is 56.2 Å². The smallest absolute Gasteiger partial charge is 0.189 e. The Balaban J connectivity index is 1.47. The molecule has 6 nitrogen and oxygen atoms in total. The number of rotatable bonds is 10. The molecule has 0 amide bonds. The van der Waals surface area contributed by atoms with Crippen LogP contribution in [0.5, 0.6) is 11.5 Å². The molecule has 2 aliphatic heterocycles. The van der Waals surface area contributed by atoms with E-state index >= 15 is 0 Å². The van der Waals surface area contributed by atoms with Crippen molar-refractivity contribution in [2.24, 2.45) is 5.92 Å². The van der Waals surface area contributed by atoms with Crippen LogP contribution >= 0.6 is 0 Å². The highest BCUT2D eigenvalue weighted by molar-refractivity contribution is 5.62. The Bertz CT molecular complexity index is 823. The van der Waals surface area contributed by atoms with Gasteiger partial charge in [-0.05, 0) is 63.1 Å². The van der Waals surface area contributed by atoms with E-state index in [1.54, 1.807) is 7.11 Å². The maximum Gasteiger partial charge on any atom is 0.189 e. The van der Waals surface area contributed by atoms with Gasteiger partial charge < -0.3 is 24.1 Å². The SMILES string of the molecule is CCCC1Oc2c(OCOCCOC)ccc3c2[C@@]12CCN(CC1CCC1)C(C3)C2(C)O. The molecule has 5 rings (SSSR count). The molecule has 3 unspecified atom stereocenters. The molecule has 4 aliphatic rings. The topological polar surface area (TPSA) is 60.4 Å². The molecule has 6 heteroatoms. The van der Waals surface area contributed by atoms with Gasteiger partial charge >= 0.3 is 0 Å². The third-order valence-electron chi connectivity index (χ3n) is 8.66. The predicted molar refractivity (Wildman–Crippen MR) is 122 cm³/mol. The summed E-state index contributed by atoms with van der Waals surface area (Å²) in [5, 5.41) is 12.2. The number of hydrogen-bond acceptors (Lipinski definition) is 6. The molecule has 1 aromatic rings. The highest BCUT2D eigenvalue weighted by Gasteiger charge is 2.68. The zero-order valence-corrected chi connectivity index (χ0v) is 19.9. The van der Waals surface area contributed by atoms with E-state index in [2.05, 4.69) is 24.8 Å². The van der Waals surface area contributed by atoms with Gasteiger partial charge in [-0.1, -0.05) is 25.8 Å². The molecule has 2 bridgehead atoms. The average molecular weight is 446 g/mol. The van der Waals surface area contributed by atoms with Crippen molar-refractivity contribution in [2.45, 2.75) is 82.0 Å². The van der Waals surface area contributed by atoms with Crippen molar-refractivity contribution in [1.29, 1.82) is 0 Å². The Morgan fingerprint density at radius 1 is 1.25 bits per heavy atom. The third-order valence-corrected chi connectivity index (χ3v) is 8.66. The molecule has 1 N–H and O–H groups in total. The van der Waals surface area contributed by atoms with Gasteiger partial charge in [-0.2, -0.15) is 0 Å². The molecule has 4 atom stereocenters. The Labute approximate surface area is 192 Å². The minimum absolute atomic E-state index is 0.0240. The maximum absolute atomic E-state index is 12.2. The van der Waals surface area contributed by atoms with Crippen LogP contribution in [0.2, 0.25) is 0 Å². The molecule has 1 saturated carbocycles. The first-order chi connectivity index (χ1) is 15.5. The van der Waals surface area contributed by atoms with Gasteiger partial charge in [-0.15, -0.1) is 0 Å². The van der Waals surface area contributed by atoms with Crippen LogP contribution in [0.1, 0.15) is 63.5 Å². The normalized spacial score (nSPS) is 33.5. The molecular weight excluding hydrogens is 406 g/mol. The Hall–Kier alpha value is -1.34. The number of ether oxygens (including phenoxy) is 4. The Morgan fingerprint density at radius 2 is 2.09 bits per heavy atom. The standard InChI is InChI=1S/C26H39NO5/c1-4-6-22-26-11-12-27(16-18-7-5-8-18)21(25(26,2)28)15-19-9-10-20(24(32-22)23(19)26)31-17-30-14-13-29-3/h9-10,18,21-22,28H,4-8,11-17H2,1-3H3/t21?,22?,25?,26-/m1/s1. The fourth-order valence-electron chi connectivity index (χ4n) is 6.78. The quantitative estimate of drug-likeness (QED) is 0.438. The van der Waals surface area contributed by atoms with Gasteiger partial charge in [0, 0.05) is 25.3 Å².